The van der Waals surface area contributed by atoms with Gasteiger partial charge in [-0.05, 0) is 25.2 Å². The second-order valence-electron chi connectivity index (χ2n) is 8.72. The van der Waals surface area contributed by atoms with Crippen LogP contribution in [0.3, 0.4) is 0 Å². The number of nitrogens with zero attached hydrogens (tertiary/aromatic N) is 6. The SMILES string of the molecule is CN1CCN(c2cc(N3CCN(C(=O)Nc4cc(C(F)(F)F)cc(C(F)(F)F)c4)CC3)ncn2)CC1. The molecule has 2 amide bonds. The number of piperazine rings is 2. The number of rotatable bonds is 3. The zero-order valence-corrected chi connectivity index (χ0v) is 19.4. The number of carbonyl (C=O) groups is 1. The number of urea groups is 1. The van der Waals surface area contributed by atoms with Crippen LogP contribution in [0.1, 0.15) is 11.1 Å². The van der Waals surface area contributed by atoms with Crippen LogP contribution in [0.25, 0.3) is 0 Å². The first kappa shape index (κ1) is 25.8. The molecule has 2 aromatic rings. The molecular formula is C22H25F6N7O. The molecule has 0 spiro atoms. The van der Waals surface area contributed by atoms with E-state index in [9.17, 15) is 31.1 Å². The maximum atomic E-state index is 13.1. The first-order valence-corrected chi connectivity index (χ1v) is 11.3. The Morgan fingerprint density at radius 3 is 1.69 bits per heavy atom. The van der Waals surface area contributed by atoms with Crippen molar-refractivity contribution in [3.63, 3.8) is 0 Å². The Kier molecular flexibility index (Phi) is 7.16. The minimum Gasteiger partial charge on any atom is -0.354 e. The molecule has 0 bridgehead atoms. The molecule has 2 aliphatic heterocycles. The summed E-state index contributed by atoms with van der Waals surface area (Å²) in [6.45, 7) is 4.73. The number of aromatic nitrogens is 2. The topological polar surface area (TPSA) is 67.8 Å². The third-order valence-electron chi connectivity index (χ3n) is 6.20. The molecular weight excluding hydrogens is 492 g/mol. The normalized spacial score (nSPS) is 17.9. The van der Waals surface area contributed by atoms with Crippen molar-refractivity contribution in [2.45, 2.75) is 12.4 Å². The molecule has 2 saturated heterocycles. The molecule has 3 heterocycles. The number of hydrogen-bond donors (Lipinski definition) is 1. The van der Waals surface area contributed by atoms with Crippen molar-refractivity contribution in [2.24, 2.45) is 0 Å². The summed E-state index contributed by atoms with van der Waals surface area (Å²) in [5, 5.41) is 2.18. The van der Waals surface area contributed by atoms with Crippen molar-refractivity contribution >= 4 is 23.4 Å². The van der Waals surface area contributed by atoms with Crippen LogP contribution in [0, 0.1) is 0 Å². The lowest BCUT2D eigenvalue weighted by atomic mass is 10.1. The monoisotopic (exact) mass is 517 g/mol. The Bertz CT molecular complexity index is 1050. The highest BCUT2D eigenvalue weighted by molar-refractivity contribution is 5.89. The van der Waals surface area contributed by atoms with E-state index in [-0.39, 0.29) is 19.2 Å². The quantitative estimate of drug-likeness (QED) is 0.628. The van der Waals surface area contributed by atoms with Gasteiger partial charge in [-0.3, -0.25) is 0 Å². The average Bonchev–Trinajstić information content (AvgIpc) is 2.83. The van der Waals surface area contributed by atoms with E-state index in [1.165, 1.54) is 11.2 Å². The summed E-state index contributed by atoms with van der Waals surface area (Å²) >= 11 is 0. The first-order chi connectivity index (χ1) is 16.9. The summed E-state index contributed by atoms with van der Waals surface area (Å²) in [5.74, 6) is 1.49. The minimum atomic E-state index is -4.99. The molecule has 4 rings (SSSR count). The van der Waals surface area contributed by atoms with E-state index in [1.54, 1.807) is 0 Å². The van der Waals surface area contributed by atoms with E-state index in [1.807, 2.05) is 11.0 Å². The number of carbonyl (C=O) groups excluding carboxylic acids is 1. The summed E-state index contributed by atoms with van der Waals surface area (Å²) in [6.07, 6.45) is -8.51. The molecule has 0 radical (unpaired) electrons. The van der Waals surface area contributed by atoms with Crippen LogP contribution < -0.4 is 15.1 Å². The molecule has 2 aliphatic rings. The van der Waals surface area contributed by atoms with E-state index in [0.717, 1.165) is 32.0 Å². The second-order valence-corrected chi connectivity index (χ2v) is 8.72. The van der Waals surface area contributed by atoms with Crippen LogP contribution in [0.5, 0.6) is 0 Å². The molecule has 2 fully saturated rings. The number of halogens is 6. The lowest BCUT2D eigenvalue weighted by Gasteiger charge is -2.36. The molecule has 14 heteroatoms. The predicted octanol–water partition coefficient (Wildman–Crippen LogP) is 3.62. The molecule has 0 unspecified atom stereocenters. The summed E-state index contributed by atoms with van der Waals surface area (Å²) in [6, 6.07) is 2.10. The Labute approximate surface area is 203 Å². The van der Waals surface area contributed by atoms with Gasteiger partial charge in [-0.2, -0.15) is 26.3 Å². The maximum absolute atomic E-state index is 13.1. The Morgan fingerprint density at radius 2 is 1.22 bits per heavy atom. The zero-order valence-electron chi connectivity index (χ0n) is 19.4. The standard InChI is InChI=1S/C22H25F6N7O/c1-32-2-4-33(5-3-32)18-13-19(30-14-29-18)34-6-8-35(9-7-34)20(36)31-17-11-15(21(23,24)25)10-16(12-17)22(26,27)28/h10-14H,2-9H2,1H3,(H,31,36). The van der Waals surface area contributed by atoms with E-state index >= 15 is 0 Å². The van der Waals surface area contributed by atoms with E-state index in [2.05, 4.69) is 32.1 Å². The predicted molar refractivity (Wildman–Crippen MR) is 121 cm³/mol. The van der Waals surface area contributed by atoms with Gasteiger partial charge in [0, 0.05) is 64.1 Å². The zero-order chi connectivity index (χ0) is 26.1. The molecule has 1 N–H and O–H groups in total. The Balaban J connectivity index is 1.39. The summed E-state index contributed by atoms with van der Waals surface area (Å²) < 4.78 is 78.5. The van der Waals surface area contributed by atoms with Gasteiger partial charge < -0.3 is 24.9 Å². The summed E-state index contributed by atoms with van der Waals surface area (Å²) in [7, 11) is 2.06. The van der Waals surface area contributed by atoms with Crippen LogP contribution >= 0.6 is 0 Å². The highest BCUT2D eigenvalue weighted by atomic mass is 19.4. The highest BCUT2D eigenvalue weighted by Gasteiger charge is 2.37. The highest BCUT2D eigenvalue weighted by Crippen LogP contribution is 2.37. The Morgan fingerprint density at radius 1 is 0.750 bits per heavy atom. The van der Waals surface area contributed by atoms with Gasteiger partial charge in [-0.1, -0.05) is 0 Å². The van der Waals surface area contributed by atoms with Gasteiger partial charge >= 0.3 is 18.4 Å². The van der Waals surface area contributed by atoms with Crippen molar-refractivity contribution in [1.29, 1.82) is 0 Å². The number of amides is 2. The lowest BCUT2D eigenvalue weighted by Crippen LogP contribution is -2.50. The number of anilines is 3. The van der Waals surface area contributed by atoms with Crippen LogP contribution in [-0.4, -0.2) is 85.2 Å². The van der Waals surface area contributed by atoms with Crippen LogP contribution in [0.2, 0.25) is 0 Å². The second kappa shape index (κ2) is 9.99. The number of nitrogens with one attached hydrogen (secondary N) is 1. The van der Waals surface area contributed by atoms with Gasteiger partial charge in [0.1, 0.15) is 18.0 Å². The van der Waals surface area contributed by atoms with Gasteiger partial charge in [-0.15, -0.1) is 0 Å². The van der Waals surface area contributed by atoms with Gasteiger partial charge in [0.2, 0.25) is 0 Å². The lowest BCUT2D eigenvalue weighted by molar-refractivity contribution is -0.143. The summed E-state index contributed by atoms with van der Waals surface area (Å²) in [4.78, 5) is 29.0. The molecule has 1 aromatic carbocycles. The van der Waals surface area contributed by atoms with E-state index in [4.69, 9.17) is 0 Å². The van der Waals surface area contributed by atoms with Crippen molar-refractivity contribution in [3.05, 3.63) is 41.7 Å². The molecule has 0 saturated carbocycles. The molecule has 1 aromatic heterocycles. The third-order valence-corrected chi connectivity index (χ3v) is 6.20. The minimum absolute atomic E-state index is 0.0204. The van der Waals surface area contributed by atoms with E-state index < -0.39 is 35.2 Å². The number of hydrogen-bond acceptors (Lipinski definition) is 6. The van der Waals surface area contributed by atoms with Crippen molar-refractivity contribution in [2.75, 3.05) is 74.5 Å². The smallest absolute Gasteiger partial charge is 0.354 e. The fourth-order valence-corrected chi connectivity index (χ4v) is 4.09. The van der Waals surface area contributed by atoms with Crippen LogP contribution in [-0.2, 0) is 12.4 Å². The molecule has 36 heavy (non-hydrogen) atoms. The molecule has 0 aliphatic carbocycles. The molecule has 8 nitrogen and oxygen atoms in total. The Hall–Kier alpha value is -3.29. The van der Waals surface area contributed by atoms with Gasteiger partial charge in [-0.25, -0.2) is 14.8 Å². The number of likely N-dealkylation sites (N-methyl/N-ethyl adjacent to an activating group) is 1. The first-order valence-electron chi connectivity index (χ1n) is 11.3. The van der Waals surface area contributed by atoms with Gasteiger partial charge in [0.15, 0.2) is 0 Å². The molecule has 0 atom stereocenters. The van der Waals surface area contributed by atoms with Crippen LogP contribution in [0.4, 0.5) is 48.5 Å². The number of benzene rings is 1. The number of alkyl halides is 6. The van der Waals surface area contributed by atoms with Gasteiger partial charge in [0.05, 0.1) is 11.1 Å². The maximum Gasteiger partial charge on any atom is 0.416 e. The average molecular weight is 517 g/mol. The summed E-state index contributed by atoms with van der Waals surface area (Å²) in [5.41, 5.74) is -3.55. The fraction of sp³-hybridized carbons (Fsp3) is 0.500. The van der Waals surface area contributed by atoms with Crippen molar-refractivity contribution < 1.29 is 31.1 Å². The van der Waals surface area contributed by atoms with Crippen molar-refractivity contribution in [3.8, 4) is 0 Å². The largest absolute Gasteiger partial charge is 0.416 e. The third kappa shape index (κ3) is 6.09. The fourth-order valence-electron chi connectivity index (χ4n) is 4.09. The van der Waals surface area contributed by atoms with Crippen molar-refractivity contribution in [1.82, 2.24) is 19.8 Å². The van der Waals surface area contributed by atoms with Gasteiger partial charge in [0.25, 0.3) is 0 Å². The molecule has 196 valence electrons. The van der Waals surface area contributed by atoms with Crippen LogP contribution in [0.15, 0.2) is 30.6 Å². The van der Waals surface area contributed by atoms with E-state index in [0.29, 0.717) is 31.0 Å².